The molecule has 1 rings (SSSR count). The predicted molar refractivity (Wildman–Crippen MR) is 50.7 cm³/mol. The normalized spacial score (nSPS) is 9.58. The lowest BCUT2D eigenvalue weighted by molar-refractivity contribution is 0.310. The van der Waals surface area contributed by atoms with Gasteiger partial charge in [0.15, 0.2) is 11.5 Å². The molecule has 0 aromatic heterocycles. The van der Waals surface area contributed by atoms with Crippen molar-refractivity contribution in [2.75, 3.05) is 13.7 Å². The van der Waals surface area contributed by atoms with Gasteiger partial charge in [0.05, 0.1) is 13.7 Å². The monoisotopic (exact) mass is 229 g/mol. The van der Waals surface area contributed by atoms with Crippen LogP contribution in [-0.4, -0.2) is 13.7 Å². The van der Waals surface area contributed by atoms with Crippen molar-refractivity contribution < 1.29 is 9.47 Å². The molecule has 3 heteroatoms. The lowest BCUT2D eigenvalue weighted by Gasteiger charge is -2.08. The summed E-state index contributed by atoms with van der Waals surface area (Å²) in [6, 6.07) is 6.55. The first-order valence-electron chi connectivity index (χ1n) is 3.66. The van der Waals surface area contributed by atoms with Crippen molar-refractivity contribution in [1.82, 2.24) is 0 Å². The van der Waals surface area contributed by atoms with Crippen molar-refractivity contribution in [3.63, 3.8) is 0 Å². The Hall–Kier alpha value is -0.700. The van der Waals surface area contributed by atoms with Crippen molar-refractivity contribution in [3.8, 4) is 11.5 Å². The quantitative estimate of drug-likeness (QED) is 0.794. The molecule has 0 fully saturated rings. The number of hydrogen-bond acceptors (Lipinski definition) is 2. The fourth-order valence-electron chi connectivity index (χ4n) is 0.861. The molecule has 0 heterocycles. The Morgan fingerprint density at radius 1 is 1.50 bits per heavy atom. The summed E-state index contributed by atoms with van der Waals surface area (Å²) in [5, 5.41) is 0. The van der Waals surface area contributed by atoms with E-state index in [1.54, 1.807) is 13.2 Å². The highest BCUT2D eigenvalue weighted by atomic mass is 79.9. The van der Waals surface area contributed by atoms with Gasteiger partial charge in [0.25, 0.3) is 0 Å². The van der Waals surface area contributed by atoms with Gasteiger partial charge in [-0.15, -0.1) is 0 Å². The van der Waals surface area contributed by atoms with E-state index in [4.69, 9.17) is 9.47 Å². The van der Waals surface area contributed by atoms with Crippen molar-refractivity contribution in [2.24, 2.45) is 0 Å². The molecule has 1 radical (unpaired) electrons. The number of hydrogen-bond donors (Lipinski definition) is 0. The first kappa shape index (κ1) is 9.39. The summed E-state index contributed by atoms with van der Waals surface area (Å²) in [6.45, 7) is 2.56. The SMILES string of the molecule is CCOc1c[c]c(Br)cc1OC. The molecule has 65 valence electrons. The minimum Gasteiger partial charge on any atom is -0.493 e. The second-order valence-corrected chi connectivity index (χ2v) is 3.00. The second-order valence-electron chi connectivity index (χ2n) is 2.15. The van der Waals surface area contributed by atoms with E-state index in [2.05, 4.69) is 22.0 Å². The summed E-state index contributed by atoms with van der Waals surface area (Å²) in [5.74, 6) is 1.45. The second kappa shape index (κ2) is 4.36. The fraction of sp³-hybridized carbons (Fsp3) is 0.333. The number of rotatable bonds is 3. The maximum atomic E-state index is 5.31. The van der Waals surface area contributed by atoms with Gasteiger partial charge in [-0.1, -0.05) is 15.9 Å². The smallest absolute Gasteiger partial charge is 0.161 e. The van der Waals surface area contributed by atoms with E-state index in [1.165, 1.54) is 0 Å². The molecule has 12 heavy (non-hydrogen) atoms. The molecule has 0 saturated heterocycles. The average Bonchev–Trinajstić information content (AvgIpc) is 2.08. The molecule has 0 amide bonds. The van der Waals surface area contributed by atoms with Crippen LogP contribution >= 0.6 is 15.9 Å². The van der Waals surface area contributed by atoms with Gasteiger partial charge in [-0.05, 0) is 19.1 Å². The van der Waals surface area contributed by atoms with E-state index in [0.717, 1.165) is 16.0 Å². The first-order valence-corrected chi connectivity index (χ1v) is 4.45. The van der Waals surface area contributed by atoms with Crippen LogP contribution in [0.5, 0.6) is 11.5 Å². The molecule has 0 atom stereocenters. The highest BCUT2D eigenvalue weighted by Crippen LogP contribution is 2.29. The molecule has 0 N–H and O–H groups in total. The van der Waals surface area contributed by atoms with Crippen LogP contribution in [0.25, 0.3) is 0 Å². The molecule has 0 aliphatic rings. The van der Waals surface area contributed by atoms with Crippen LogP contribution in [0.3, 0.4) is 0 Å². The largest absolute Gasteiger partial charge is 0.493 e. The van der Waals surface area contributed by atoms with Gasteiger partial charge in [-0.2, -0.15) is 0 Å². The van der Waals surface area contributed by atoms with Crippen LogP contribution in [-0.2, 0) is 0 Å². The first-order chi connectivity index (χ1) is 5.77. The van der Waals surface area contributed by atoms with Gasteiger partial charge in [0.1, 0.15) is 0 Å². The van der Waals surface area contributed by atoms with E-state index in [9.17, 15) is 0 Å². The van der Waals surface area contributed by atoms with E-state index in [0.29, 0.717) is 6.61 Å². The van der Waals surface area contributed by atoms with Crippen molar-refractivity contribution in [3.05, 3.63) is 22.7 Å². The lowest BCUT2D eigenvalue weighted by Crippen LogP contribution is -1.94. The van der Waals surface area contributed by atoms with Crippen LogP contribution in [0.2, 0.25) is 0 Å². The van der Waals surface area contributed by atoms with E-state index in [1.807, 2.05) is 13.0 Å². The molecular weight excluding hydrogens is 220 g/mol. The average molecular weight is 230 g/mol. The van der Waals surface area contributed by atoms with Crippen molar-refractivity contribution in [1.29, 1.82) is 0 Å². The summed E-state index contributed by atoms with van der Waals surface area (Å²) in [4.78, 5) is 0. The molecule has 0 aliphatic heterocycles. The molecule has 1 aromatic carbocycles. The van der Waals surface area contributed by atoms with Crippen LogP contribution in [0.15, 0.2) is 16.6 Å². The van der Waals surface area contributed by atoms with E-state index >= 15 is 0 Å². The Kier molecular flexibility index (Phi) is 3.41. The van der Waals surface area contributed by atoms with E-state index < -0.39 is 0 Å². The number of ether oxygens (including phenoxy) is 2. The highest BCUT2D eigenvalue weighted by molar-refractivity contribution is 9.10. The van der Waals surface area contributed by atoms with Crippen LogP contribution in [0.4, 0.5) is 0 Å². The third-order valence-corrected chi connectivity index (χ3v) is 1.82. The van der Waals surface area contributed by atoms with E-state index in [-0.39, 0.29) is 0 Å². The molecular formula is C9H10BrO2. The van der Waals surface area contributed by atoms with Crippen LogP contribution < -0.4 is 9.47 Å². The molecule has 2 nitrogen and oxygen atoms in total. The van der Waals surface area contributed by atoms with Crippen molar-refractivity contribution >= 4 is 15.9 Å². The molecule has 0 spiro atoms. The maximum Gasteiger partial charge on any atom is 0.161 e. The highest BCUT2D eigenvalue weighted by Gasteiger charge is 2.03. The Labute approximate surface area is 80.6 Å². The minimum absolute atomic E-state index is 0.631. The molecule has 0 bridgehead atoms. The summed E-state index contributed by atoms with van der Waals surface area (Å²) >= 11 is 3.30. The Morgan fingerprint density at radius 2 is 2.25 bits per heavy atom. The van der Waals surface area contributed by atoms with Gasteiger partial charge < -0.3 is 9.47 Å². The van der Waals surface area contributed by atoms with Crippen LogP contribution in [0, 0.1) is 6.07 Å². The Balaban J connectivity index is 2.94. The van der Waals surface area contributed by atoms with Gasteiger partial charge in [-0.3, -0.25) is 0 Å². The zero-order valence-electron chi connectivity index (χ0n) is 7.06. The number of benzene rings is 1. The summed E-state index contributed by atoms with van der Waals surface area (Å²) in [6.07, 6.45) is 0. The van der Waals surface area contributed by atoms with Crippen LogP contribution in [0.1, 0.15) is 6.92 Å². The third kappa shape index (κ3) is 2.14. The molecule has 0 aliphatic carbocycles. The zero-order chi connectivity index (χ0) is 8.97. The fourth-order valence-corrected chi connectivity index (χ4v) is 1.18. The van der Waals surface area contributed by atoms with Gasteiger partial charge >= 0.3 is 0 Å². The number of halogens is 1. The maximum absolute atomic E-state index is 5.31. The topological polar surface area (TPSA) is 18.5 Å². The number of methoxy groups -OCH3 is 1. The third-order valence-electron chi connectivity index (χ3n) is 1.36. The van der Waals surface area contributed by atoms with Crippen molar-refractivity contribution in [2.45, 2.75) is 6.92 Å². The minimum atomic E-state index is 0.631. The van der Waals surface area contributed by atoms with Gasteiger partial charge in [0, 0.05) is 10.5 Å². The summed E-state index contributed by atoms with van der Waals surface area (Å²) in [7, 11) is 1.62. The zero-order valence-corrected chi connectivity index (χ0v) is 8.64. The lowest BCUT2D eigenvalue weighted by atomic mass is 10.3. The summed E-state index contributed by atoms with van der Waals surface area (Å²) in [5.41, 5.74) is 0. The van der Waals surface area contributed by atoms with Gasteiger partial charge in [0.2, 0.25) is 0 Å². The van der Waals surface area contributed by atoms with Gasteiger partial charge in [-0.25, -0.2) is 0 Å². The molecule has 1 aromatic rings. The molecule has 0 unspecified atom stereocenters. The Morgan fingerprint density at radius 3 is 2.83 bits per heavy atom. The predicted octanol–water partition coefficient (Wildman–Crippen LogP) is 2.66. The summed E-state index contributed by atoms with van der Waals surface area (Å²) < 4.78 is 11.3. The Bertz CT molecular complexity index is 261. The standard InChI is InChI=1S/C9H10BrO2/c1-3-12-8-5-4-7(10)6-9(8)11-2/h5-6H,3H2,1-2H3. The molecule has 0 saturated carbocycles.